The van der Waals surface area contributed by atoms with Gasteiger partial charge < -0.3 is 15.4 Å². The Morgan fingerprint density at radius 2 is 1.56 bits per heavy atom. The highest BCUT2D eigenvalue weighted by Gasteiger charge is 2.30. The van der Waals surface area contributed by atoms with Crippen LogP contribution in [-0.2, 0) is 20.9 Å². The molecular formula is C20H28N2O3. The van der Waals surface area contributed by atoms with Crippen LogP contribution < -0.4 is 10.6 Å². The van der Waals surface area contributed by atoms with Crippen molar-refractivity contribution in [3.63, 3.8) is 0 Å². The molecule has 1 heterocycles. The molecule has 1 aromatic carbocycles. The Morgan fingerprint density at radius 3 is 2.16 bits per heavy atom. The van der Waals surface area contributed by atoms with Crippen LogP contribution in [0.4, 0.5) is 0 Å². The number of hydrogen-bond donors (Lipinski definition) is 2. The standard InChI is InChI=1S/C20H28N2O3/c23-19(21-13-15-5-2-1-3-6-15)16-8-10-17(11-9-16)20(24)22-14-18-7-4-12-25-18/h1-3,5-6,16-18H,4,7-14H2,(H,21,23)(H,22,24). The third-order valence-corrected chi connectivity index (χ3v) is 5.31. The van der Waals surface area contributed by atoms with Crippen LogP contribution >= 0.6 is 0 Å². The largest absolute Gasteiger partial charge is 0.376 e. The van der Waals surface area contributed by atoms with Gasteiger partial charge in [0, 0.05) is 31.5 Å². The van der Waals surface area contributed by atoms with E-state index in [1.165, 1.54) is 0 Å². The van der Waals surface area contributed by atoms with Gasteiger partial charge in [0.25, 0.3) is 0 Å². The molecule has 0 aromatic heterocycles. The van der Waals surface area contributed by atoms with Gasteiger partial charge in [-0.05, 0) is 44.1 Å². The lowest BCUT2D eigenvalue weighted by molar-refractivity contribution is -0.130. The Morgan fingerprint density at radius 1 is 0.920 bits per heavy atom. The zero-order chi connectivity index (χ0) is 17.5. The molecule has 25 heavy (non-hydrogen) atoms. The first-order valence-corrected chi connectivity index (χ1v) is 9.43. The number of hydrogen-bond acceptors (Lipinski definition) is 3. The molecule has 1 saturated heterocycles. The predicted molar refractivity (Wildman–Crippen MR) is 95.7 cm³/mol. The summed E-state index contributed by atoms with van der Waals surface area (Å²) in [5.74, 6) is 0.311. The number of ether oxygens (including phenoxy) is 1. The van der Waals surface area contributed by atoms with Crippen molar-refractivity contribution < 1.29 is 14.3 Å². The summed E-state index contributed by atoms with van der Waals surface area (Å²) in [6.07, 6.45) is 5.47. The van der Waals surface area contributed by atoms with Gasteiger partial charge >= 0.3 is 0 Å². The number of carbonyl (C=O) groups is 2. The first-order chi connectivity index (χ1) is 12.2. The molecule has 2 fully saturated rings. The van der Waals surface area contributed by atoms with E-state index in [1.54, 1.807) is 0 Å². The molecule has 0 bridgehead atoms. The quantitative estimate of drug-likeness (QED) is 0.833. The lowest BCUT2D eigenvalue weighted by Gasteiger charge is -2.27. The van der Waals surface area contributed by atoms with Gasteiger partial charge in [-0.25, -0.2) is 0 Å². The smallest absolute Gasteiger partial charge is 0.223 e. The van der Waals surface area contributed by atoms with Crippen molar-refractivity contribution in [2.45, 2.75) is 51.2 Å². The summed E-state index contributed by atoms with van der Waals surface area (Å²) in [6, 6.07) is 9.94. The van der Waals surface area contributed by atoms with E-state index in [1.807, 2.05) is 30.3 Å². The van der Waals surface area contributed by atoms with Gasteiger partial charge in [-0.3, -0.25) is 9.59 Å². The summed E-state index contributed by atoms with van der Waals surface area (Å²) >= 11 is 0. The van der Waals surface area contributed by atoms with Crippen LogP contribution in [0.3, 0.4) is 0 Å². The molecule has 136 valence electrons. The van der Waals surface area contributed by atoms with Crippen LogP contribution in [0.25, 0.3) is 0 Å². The Hall–Kier alpha value is -1.88. The minimum Gasteiger partial charge on any atom is -0.376 e. The number of carbonyl (C=O) groups excluding carboxylic acids is 2. The van der Waals surface area contributed by atoms with Crippen LogP contribution in [0.2, 0.25) is 0 Å². The average molecular weight is 344 g/mol. The molecule has 0 spiro atoms. The lowest BCUT2D eigenvalue weighted by Crippen LogP contribution is -2.39. The van der Waals surface area contributed by atoms with Crippen molar-refractivity contribution in [1.82, 2.24) is 10.6 Å². The highest BCUT2D eigenvalue weighted by molar-refractivity contribution is 5.81. The topological polar surface area (TPSA) is 67.4 Å². The van der Waals surface area contributed by atoms with Gasteiger partial charge in [0.05, 0.1) is 6.10 Å². The number of rotatable bonds is 6. The summed E-state index contributed by atoms with van der Waals surface area (Å²) in [4.78, 5) is 24.6. The maximum Gasteiger partial charge on any atom is 0.223 e. The first-order valence-electron chi connectivity index (χ1n) is 9.43. The summed E-state index contributed by atoms with van der Waals surface area (Å²) in [6.45, 7) is 2.00. The minimum absolute atomic E-state index is 0.0333. The molecule has 1 atom stereocenters. The first kappa shape index (κ1) is 17.9. The molecule has 3 rings (SSSR count). The third-order valence-electron chi connectivity index (χ3n) is 5.31. The van der Waals surface area contributed by atoms with E-state index in [9.17, 15) is 9.59 Å². The fourth-order valence-electron chi connectivity index (χ4n) is 3.71. The monoisotopic (exact) mass is 344 g/mol. The predicted octanol–water partition coefficient (Wildman–Crippen LogP) is 2.40. The van der Waals surface area contributed by atoms with Crippen molar-refractivity contribution in [3.8, 4) is 0 Å². The summed E-state index contributed by atoms with van der Waals surface area (Å²) in [5, 5.41) is 6.04. The molecule has 5 heteroatoms. The molecule has 2 N–H and O–H groups in total. The van der Waals surface area contributed by atoms with Gasteiger partial charge in [0.15, 0.2) is 0 Å². The molecule has 1 aromatic rings. The summed E-state index contributed by atoms with van der Waals surface area (Å²) in [7, 11) is 0. The Kier molecular flexibility index (Phi) is 6.45. The SMILES string of the molecule is O=C(NCc1ccccc1)C1CCC(C(=O)NCC2CCCO2)CC1. The molecule has 2 aliphatic rings. The number of benzene rings is 1. The second kappa shape index (κ2) is 8.99. The van der Waals surface area contributed by atoms with E-state index >= 15 is 0 Å². The fraction of sp³-hybridized carbons (Fsp3) is 0.600. The van der Waals surface area contributed by atoms with Gasteiger partial charge in [-0.2, -0.15) is 0 Å². The van der Waals surface area contributed by atoms with E-state index in [2.05, 4.69) is 10.6 Å². The van der Waals surface area contributed by atoms with Gasteiger partial charge in [-0.15, -0.1) is 0 Å². The van der Waals surface area contributed by atoms with E-state index < -0.39 is 0 Å². The maximum absolute atomic E-state index is 12.3. The van der Waals surface area contributed by atoms with Crippen molar-refractivity contribution in [1.29, 1.82) is 0 Å². The summed E-state index contributed by atoms with van der Waals surface area (Å²) < 4.78 is 5.53. The van der Waals surface area contributed by atoms with Crippen molar-refractivity contribution in [2.75, 3.05) is 13.2 Å². The zero-order valence-corrected chi connectivity index (χ0v) is 14.7. The molecule has 1 saturated carbocycles. The van der Waals surface area contributed by atoms with Crippen LogP contribution in [0.1, 0.15) is 44.1 Å². The van der Waals surface area contributed by atoms with Crippen LogP contribution in [0.15, 0.2) is 30.3 Å². The lowest BCUT2D eigenvalue weighted by atomic mass is 9.81. The Balaban J connectivity index is 1.35. The van der Waals surface area contributed by atoms with E-state index in [0.717, 1.165) is 50.7 Å². The third kappa shape index (κ3) is 5.30. The normalized spacial score (nSPS) is 26.2. The van der Waals surface area contributed by atoms with E-state index in [4.69, 9.17) is 4.74 Å². The number of nitrogens with one attached hydrogen (secondary N) is 2. The fourth-order valence-corrected chi connectivity index (χ4v) is 3.71. The van der Waals surface area contributed by atoms with Crippen LogP contribution in [0, 0.1) is 11.8 Å². The summed E-state index contributed by atoms with van der Waals surface area (Å²) in [5.41, 5.74) is 1.11. The highest BCUT2D eigenvalue weighted by Crippen LogP contribution is 2.29. The van der Waals surface area contributed by atoms with E-state index in [-0.39, 0.29) is 29.8 Å². The molecule has 0 radical (unpaired) electrons. The molecule has 1 aliphatic heterocycles. The van der Waals surface area contributed by atoms with Crippen molar-refractivity contribution >= 4 is 11.8 Å². The highest BCUT2D eigenvalue weighted by atomic mass is 16.5. The zero-order valence-electron chi connectivity index (χ0n) is 14.7. The molecular weight excluding hydrogens is 316 g/mol. The molecule has 1 aliphatic carbocycles. The minimum atomic E-state index is 0.0333. The van der Waals surface area contributed by atoms with Gasteiger partial charge in [-0.1, -0.05) is 30.3 Å². The average Bonchev–Trinajstić information content (AvgIpc) is 3.19. The molecule has 2 amide bonds. The van der Waals surface area contributed by atoms with Gasteiger partial charge in [0.1, 0.15) is 0 Å². The second-order valence-corrected chi connectivity index (χ2v) is 7.13. The van der Waals surface area contributed by atoms with Crippen LogP contribution in [-0.4, -0.2) is 31.1 Å². The Labute approximate surface area is 149 Å². The van der Waals surface area contributed by atoms with Gasteiger partial charge in [0.2, 0.25) is 11.8 Å². The molecule has 1 unspecified atom stereocenters. The van der Waals surface area contributed by atoms with E-state index in [0.29, 0.717) is 13.1 Å². The van der Waals surface area contributed by atoms with Crippen LogP contribution in [0.5, 0.6) is 0 Å². The maximum atomic E-state index is 12.3. The number of amides is 2. The molecule has 5 nitrogen and oxygen atoms in total. The Bertz CT molecular complexity index is 562. The second-order valence-electron chi connectivity index (χ2n) is 7.13. The van der Waals surface area contributed by atoms with Crippen molar-refractivity contribution in [2.24, 2.45) is 11.8 Å². The van der Waals surface area contributed by atoms with Crippen molar-refractivity contribution in [3.05, 3.63) is 35.9 Å².